The zero-order chi connectivity index (χ0) is 21.6. The van der Waals surface area contributed by atoms with Crippen LogP contribution in [0.1, 0.15) is 53.6 Å². The van der Waals surface area contributed by atoms with E-state index in [9.17, 15) is 4.79 Å². The van der Waals surface area contributed by atoms with E-state index in [-0.39, 0.29) is 5.91 Å². The van der Waals surface area contributed by atoms with Crippen molar-refractivity contribution in [1.82, 2.24) is 9.78 Å². The van der Waals surface area contributed by atoms with Crippen LogP contribution in [0, 0.1) is 13.8 Å². The lowest BCUT2D eigenvalue weighted by Crippen LogP contribution is -2.38. The summed E-state index contributed by atoms with van der Waals surface area (Å²) in [6, 6.07) is 14.0. The van der Waals surface area contributed by atoms with E-state index in [1.807, 2.05) is 40.7 Å². The summed E-state index contributed by atoms with van der Waals surface area (Å²) in [5.41, 5.74) is 6.20. The third-order valence-corrected chi connectivity index (χ3v) is 8.10. The number of amides is 1. The molecule has 1 amide bonds. The highest BCUT2D eigenvalue weighted by molar-refractivity contribution is 7.98. The van der Waals surface area contributed by atoms with Crippen molar-refractivity contribution in [3.63, 3.8) is 0 Å². The molecule has 6 heteroatoms. The van der Waals surface area contributed by atoms with Gasteiger partial charge in [0.2, 0.25) is 5.91 Å². The number of hydrogen-bond donors (Lipinski definition) is 1. The van der Waals surface area contributed by atoms with E-state index >= 15 is 0 Å². The zero-order valence-corrected chi connectivity index (χ0v) is 19.4. The summed E-state index contributed by atoms with van der Waals surface area (Å²) in [4.78, 5) is 13.9. The van der Waals surface area contributed by atoms with Gasteiger partial charge in [0.1, 0.15) is 5.82 Å². The Hall–Kier alpha value is -2.24. The lowest BCUT2D eigenvalue weighted by Gasteiger charge is -2.29. The minimum Gasteiger partial charge on any atom is -0.310 e. The molecule has 0 radical (unpaired) electrons. The number of fused-ring (bicyclic) bond motifs is 1. The van der Waals surface area contributed by atoms with Crippen molar-refractivity contribution < 1.29 is 4.79 Å². The van der Waals surface area contributed by atoms with E-state index in [0.29, 0.717) is 5.02 Å². The van der Waals surface area contributed by atoms with Gasteiger partial charge in [-0.25, -0.2) is 4.68 Å². The van der Waals surface area contributed by atoms with Crippen molar-refractivity contribution in [1.29, 1.82) is 0 Å². The molecule has 3 aromatic rings. The number of aryl methyl sites for hydroxylation is 1. The summed E-state index contributed by atoms with van der Waals surface area (Å²) in [6.45, 7) is 4.22. The third-order valence-electron chi connectivity index (χ3n) is 6.88. The second-order valence-corrected chi connectivity index (χ2v) is 10.1. The van der Waals surface area contributed by atoms with E-state index < -0.39 is 5.41 Å². The minimum absolute atomic E-state index is 0.0680. The average Bonchev–Trinajstić information content (AvgIpc) is 3.49. The zero-order valence-electron chi connectivity index (χ0n) is 17.9. The molecule has 2 heterocycles. The fourth-order valence-corrected chi connectivity index (χ4v) is 6.06. The highest BCUT2D eigenvalue weighted by Crippen LogP contribution is 2.44. The molecule has 1 aliphatic carbocycles. The number of thioether (sulfide) groups is 1. The maximum atomic E-state index is 13.9. The van der Waals surface area contributed by atoms with Crippen LogP contribution in [0.5, 0.6) is 0 Å². The normalized spacial score (nSPS) is 17.0. The van der Waals surface area contributed by atoms with E-state index in [4.69, 9.17) is 16.7 Å². The van der Waals surface area contributed by atoms with Crippen molar-refractivity contribution in [2.75, 3.05) is 5.32 Å². The largest absolute Gasteiger partial charge is 0.310 e. The van der Waals surface area contributed by atoms with Crippen molar-refractivity contribution in [2.24, 2.45) is 0 Å². The van der Waals surface area contributed by atoms with Gasteiger partial charge in [-0.05, 0) is 61.6 Å². The molecule has 0 atom stereocenters. The second kappa shape index (κ2) is 8.03. The van der Waals surface area contributed by atoms with Crippen molar-refractivity contribution in [3.8, 4) is 5.69 Å². The van der Waals surface area contributed by atoms with Crippen LogP contribution in [-0.4, -0.2) is 15.7 Å². The SMILES string of the molecule is Cc1cccc(-n2nc3c(c2NC(=O)C2(c4ccc(Cl)cc4)CCCC2)CSC3)c1C. The molecule has 1 saturated carbocycles. The van der Waals surface area contributed by atoms with Crippen LogP contribution in [0.15, 0.2) is 42.5 Å². The number of hydrogen-bond acceptors (Lipinski definition) is 3. The molecule has 0 saturated heterocycles. The van der Waals surface area contributed by atoms with Gasteiger partial charge in [-0.3, -0.25) is 4.79 Å². The number of nitrogens with one attached hydrogen (secondary N) is 1. The van der Waals surface area contributed by atoms with Gasteiger partial charge in [0.25, 0.3) is 0 Å². The summed E-state index contributed by atoms with van der Waals surface area (Å²) in [5, 5.41) is 8.96. The van der Waals surface area contributed by atoms with Crippen LogP contribution >= 0.6 is 23.4 Å². The van der Waals surface area contributed by atoms with Gasteiger partial charge >= 0.3 is 0 Å². The van der Waals surface area contributed by atoms with Gasteiger partial charge < -0.3 is 5.32 Å². The number of aromatic nitrogens is 2. The first-order valence-corrected chi connectivity index (χ1v) is 12.4. The van der Waals surface area contributed by atoms with Crippen molar-refractivity contribution >= 4 is 35.1 Å². The topological polar surface area (TPSA) is 46.9 Å². The van der Waals surface area contributed by atoms with Crippen molar-refractivity contribution in [3.05, 3.63) is 75.4 Å². The molecule has 5 rings (SSSR count). The van der Waals surface area contributed by atoms with Gasteiger partial charge in [0.05, 0.1) is 16.8 Å². The molecule has 2 aromatic carbocycles. The number of rotatable bonds is 4. The average molecular weight is 452 g/mol. The van der Waals surface area contributed by atoms with Gasteiger partial charge in [-0.15, -0.1) is 0 Å². The summed E-state index contributed by atoms with van der Waals surface area (Å²) < 4.78 is 1.95. The van der Waals surface area contributed by atoms with Crippen molar-refractivity contribution in [2.45, 2.75) is 56.5 Å². The van der Waals surface area contributed by atoms with E-state index in [2.05, 4.69) is 37.4 Å². The Morgan fingerprint density at radius 3 is 2.58 bits per heavy atom. The lowest BCUT2D eigenvalue weighted by molar-refractivity contribution is -0.121. The molecule has 0 unspecified atom stereocenters. The van der Waals surface area contributed by atoms with Gasteiger partial charge in [0.15, 0.2) is 0 Å². The van der Waals surface area contributed by atoms with Gasteiger partial charge in [-0.1, -0.05) is 48.7 Å². The first kappa shape index (κ1) is 20.7. The molecule has 31 heavy (non-hydrogen) atoms. The predicted molar refractivity (Wildman–Crippen MR) is 128 cm³/mol. The van der Waals surface area contributed by atoms with Crippen LogP contribution in [0.2, 0.25) is 5.02 Å². The highest BCUT2D eigenvalue weighted by atomic mass is 35.5. The predicted octanol–water partition coefficient (Wildman–Crippen LogP) is 6.34. The van der Waals surface area contributed by atoms with Crippen LogP contribution in [0.25, 0.3) is 5.69 Å². The molecular weight excluding hydrogens is 426 g/mol. The maximum absolute atomic E-state index is 13.9. The quantitative estimate of drug-likeness (QED) is 0.503. The standard InChI is InChI=1S/C25H26ClN3OS/c1-16-6-5-7-22(17(16)2)29-23(20-14-31-15-21(20)28-29)27-24(30)25(12-3-4-13-25)18-8-10-19(26)11-9-18/h5-11H,3-4,12-15H2,1-2H3,(H,27,30). The molecule has 1 N–H and O–H groups in total. The lowest BCUT2D eigenvalue weighted by atomic mass is 9.78. The van der Waals surface area contributed by atoms with Crippen LogP contribution in [0.3, 0.4) is 0 Å². The Balaban J connectivity index is 1.57. The summed E-state index contributed by atoms with van der Waals surface area (Å²) >= 11 is 7.97. The Bertz CT molecular complexity index is 1150. The number of benzene rings is 2. The Morgan fingerprint density at radius 2 is 1.84 bits per heavy atom. The molecule has 1 aromatic heterocycles. The number of halogens is 1. The smallest absolute Gasteiger partial charge is 0.236 e. The Labute approximate surface area is 192 Å². The molecule has 0 spiro atoms. The number of carbonyl (C=O) groups is 1. The Kier molecular flexibility index (Phi) is 5.35. The summed E-state index contributed by atoms with van der Waals surface area (Å²) in [6.07, 6.45) is 3.82. The second-order valence-electron chi connectivity index (χ2n) is 8.65. The fourth-order valence-electron chi connectivity index (χ4n) is 4.90. The molecule has 4 nitrogen and oxygen atoms in total. The van der Waals surface area contributed by atoms with Gasteiger partial charge in [0, 0.05) is 22.1 Å². The molecular formula is C25H26ClN3OS. The first-order valence-electron chi connectivity index (χ1n) is 10.8. The Morgan fingerprint density at radius 1 is 1.10 bits per heavy atom. The van der Waals surface area contributed by atoms with Crippen LogP contribution in [-0.2, 0) is 21.7 Å². The molecule has 0 bridgehead atoms. The maximum Gasteiger partial charge on any atom is 0.236 e. The van der Waals surface area contributed by atoms with Crippen LogP contribution in [0.4, 0.5) is 5.82 Å². The molecule has 1 fully saturated rings. The summed E-state index contributed by atoms with van der Waals surface area (Å²) in [7, 11) is 0. The van der Waals surface area contributed by atoms with Gasteiger partial charge in [-0.2, -0.15) is 16.9 Å². The third kappa shape index (κ3) is 3.48. The first-order chi connectivity index (χ1) is 15.0. The molecule has 160 valence electrons. The monoisotopic (exact) mass is 451 g/mol. The van der Waals surface area contributed by atoms with E-state index in [0.717, 1.165) is 65.5 Å². The summed E-state index contributed by atoms with van der Waals surface area (Å²) in [5.74, 6) is 2.67. The van der Waals surface area contributed by atoms with E-state index in [1.54, 1.807) is 0 Å². The number of anilines is 1. The molecule has 1 aliphatic heterocycles. The number of carbonyl (C=O) groups excluding carboxylic acids is 1. The van der Waals surface area contributed by atoms with E-state index in [1.165, 1.54) is 11.1 Å². The number of nitrogens with zero attached hydrogens (tertiary/aromatic N) is 2. The molecule has 2 aliphatic rings. The fraction of sp³-hybridized carbons (Fsp3) is 0.360. The highest BCUT2D eigenvalue weighted by Gasteiger charge is 2.43. The minimum atomic E-state index is -0.514. The van der Waals surface area contributed by atoms with Crippen LogP contribution < -0.4 is 5.32 Å².